The molecule has 0 spiro atoms. The molecule has 1 N–H and O–H groups in total. The van der Waals surface area contributed by atoms with Crippen molar-refractivity contribution in [3.05, 3.63) is 0 Å². The lowest BCUT2D eigenvalue weighted by molar-refractivity contribution is 0.364. The van der Waals surface area contributed by atoms with Gasteiger partial charge in [-0.1, -0.05) is 0 Å². The molecule has 0 saturated carbocycles. The zero-order valence-corrected chi connectivity index (χ0v) is 8.77. The summed E-state index contributed by atoms with van der Waals surface area (Å²) in [6.07, 6.45) is 0. The summed E-state index contributed by atoms with van der Waals surface area (Å²) in [5.74, 6) is 0. The third-order valence-corrected chi connectivity index (χ3v) is 2.75. The van der Waals surface area contributed by atoms with Crippen molar-refractivity contribution in [3.63, 3.8) is 0 Å². The Bertz CT molecular complexity index is 59.5. The zero-order chi connectivity index (χ0) is 6.62. The van der Waals surface area contributed by atoms with Crippen molar-refractivity contribution in [3.8, 4) is 0 Å². The third-order valence-electron chi connectivity index (χ3n) is 0.918. The molecule has 0 unspecified atom stereocenters. The second-order valence-electron chi connectivity index (χ2n) is 2.56. The van der Waals surface area contributed by atoms with Crippen molar-refractivity contribution in [2.24, 2.45) is 0 Å². The van der Waals surface area contributed by atoms with Crippen molar-refractivity contribution < 1.29 is 9.22 Å². The maximum Gasteiger partial charge on any atom is 0.184 e. The van der Waals surface area contributed by atoms with Crippen LogP contribution in [0.25, 0.3) is 0 Å². The second-order valence-corrected chi connectivity index (χ2v) is 7.26. The van der Waals surface area contributed by atoms with Gasteiger partial charge in [0.2, 0.25) is 0 Å². The standard InChI is InChI=1S/C4H14O2Si2/c1-8(2,5)4-3-6-7/h5H,3-4H2,1-2,7H3. The normalized spacial score (nSPS) is 12.4. The van der Waals surface area contributed by atoms with Gasteiger partial charge in [0.1, 0.15) is 10.5 Å². The first-order valence-electron chi connectivity index (χ1n) is 2.77. The van der Waals surface area contributed by atoms with Gasteiger partial charge in [-0.05, 0) is 19.1 Å². The highest BCUT2D eigenvalue weighted by molar-refractivity contribution is 6.69. The molecule has 0 amide bonds. The minimum atomic E-state index is -1.78. The van der Waals surface area contributed by atoms with Gasteiger partial charge in [0.05, 0.1) is 0 Å². The summed E-state index contributed by atoms with van der Waals surface area (Å²) >= 11 is 0. The van der Waals surface area contributed by atoms with Crippen LogP contribution in [0.2, 0.25) is 19.1 Å². The van der Waals surface area contributed by atoms with Crippen LogP contribution in [0.3, 0.4) is 0 Å². The van der Waals surface area contributed by atoms with E-state index in [4.69, 9.17) is 4.43 Å². The van der Waals surface area contributed by atoms with E-state index in [0.717, 1.165) is 23.1 Å². The van der Waals surface area contributed by atoms with Gasteiger partial charge < -0.3 is 9.22 Å². The molecule has 0 saturated heterocycles. The molecule has 0 radical (unpaired) electrons. The predicted octanol–water partition coefficient (Wildman–Crippen LogP) is -0.519. The van der Waals surface area contributed by atoms with Gasteiger partial charge in [0.15, 0.2) is 8.32 Å². The van der Waals surface area contributed by atoms with Crippen molar-refractivity contribution in [1.82, 2.24) is 0 Å². The Balaban J connectivity index is 3.11. The molecular formula is C4H14O2Si2. The van der Waals surface area contributed by atoms with Crippen LogP contribution in [0, 0.1) is 0 Å². The van der Waals surface area contributed by atoms with E-state index < -0.39 is 8.32 Å². The molecule has 0 fully saturated rings. The molecular weight excluding hydrogens is 136 g/mol. The molecule has 0 aliphatic heterocycles. The quantitative estimate of drug-likeness (QED) is 0.549. The molecule has 8 heavy (non-hydrogen) atoms. The zero-order valence-electron chi connectivity index (χ0n) is 5.77. The van der Waals surface area contributed by atoms with E-state index >= 15 is 0 Å². The minimum absolute atomic E-state index is 0.752. The highest BCUT2D eigenvalue weighted by Gasteiger charge is 2.14. The maximum atomic E-state index is 9.22. The highest BCUT2D eigenvalue weighted by atomic mass is 28.4. The fourth-order valence-corrected chi connectivity index (χ4v) is 1.67. The van der Waals surface area contributed by atoms with Crippen LogP contribution in [0.1, 0.15) is 0 Å². The molecule has 0 bridgehead atoms. The molecule has 2 nitrogen and oxygen atoms in total. The van der Waals surface area contributed by atoms with Crippen LogP contribution in [0.15, 0.2) is 0 Å². The van der Waals surface area contributed by atoms with Crippen LogP contribution in [0.4, 0.5) is 0 Å². The van der Waals surface area contributed by atoms with Gasteiger partial charge in [-0.3, -0.25) is 0 Å². The molecule has 0 aromatic carbocycles. The first kappa shape index (κ1) is 8.35. The number of hydrogen-bond donors (Lipinski definition) is 1. The molecule has 0 aliphatic carbocycles. The molecule has 0 heterocycles. The van der Waals surface area contributed by atoms with E-state index in [1.54, 1.807) is 0 Å². The van der Waals surface area contributed by atoms with Crippen molar-refractivity contribution in [2.45, 2.75) is 19.1 Å². The largest absolute Gasteiger partial charge is 0.432 e. The number of hydrogen-bond acceptors (Lipinski definition) is 2. The lowest BCUT2D eigenvalue weighted by Gasteiger charge is -2.11. The topological polar surface area (TPSA) is 29.5 Å². The molecule has 0 aliphatic rings. The molecule has 0 aromatic rings. The summed E-state index contributed by atoms with van der Waals surface area (Å²) in [5, 5.41) is 0. The van der Waals surface area contributed by atoms with Crippen LogP contribution >= 0.6 is 0 Å². The van der Waals surface area contributed by atoms with Gasteiger partial charge in [0.25, 0.3) is 0 Å². The lowest BCUT2D eigenvalue weighted by atomic mass is 10.9. The first-order chi connectivity index (χ1) is 3.56. The highest BCUT2D eigenvalue weighted by Crippen LogP contribution is 2.02. The Kier molecular flexibility index (Phi) is 3.54. The Labute approximate surface area is 54.5 Å². The van der Waals surface area contributed by atoms with Crippen molar-refractivity contribution >= 4 is 18.8 Å². The third kappa shape index (κ3) is 6.35. The van der Waals surface area contributed by atoms with Gasteiger partial charge in [-0.25, -0.2) is 0 Å². The van der Waals surface area contributed by atoms with E-state index in [1.807, 2.05) is 13.1 Å². The molecule has 0 atom stereocenters. The summed E-state index contributed by atoms with van der Waals surface area (Å²) < 4.78 is 4.93. The average molecular weight is 150 g/mol. The first-order valence-corrected chi connectivity index (χ1v) is 6.74. The molecule has 0 aromatic heterocycles. The van der Waals surface area contributed by atoms with E-state index in [2.05, 4.69) is 0 Å². The maximum absolute atomic E-state index is 9.22. The van der Waals surface area contributed by atoms with Crippen LogP contribution in [0.5, 0.6) is 0 Å². The van der Waals surface area contributed by atoms with Gasteiger partial charge in [-0.2, -0.15) is 0 Å². The predicted molar refractivity (Wildman–Crippen MR) is 40.4 cm³/mol. The lowest BCUT2D eigenvalue weighted by Crippen LogP contribution is -2.26. The van der Waals surface area contributed by atoms with E-state index in [9.17, 15) is 4.80 Å². The Morgan fingerprint density at radius 1 is 1.62 bits per heavy atom. The van der Waals surface area contributed by atoms with Crippen LogP contribution < -0.4 is 0 Å². The van der Waals surface area contributed by atoms with Crippen molar-refractivity contribution in [1.29, 1.82) is 0 Å². The Morgan fingerprint density at radius 3 is 2.25 bits per heavy atom. The van der Waals surface area contributed by atoms with Gasteiger partial charge in [0, 0.05) is 6.61 Å². The van der Waals surface area contributed by atoms with E-state index in [-0.39, 0.29) is 0 Å². The van der Waals surface area contributed by atoms with Gasteiger partial charge in [-0.15, -0.1) is 0 Å². The summed E-state index contributed by atoms with van der Waals surface area (Å²) in [5.41, 5.74) is 0. The van der Waals surface area contributed by atoms with Gasteiger partial charge >= 0.3 is 0 Å². The van der Waals surface area contributed by atoms with E-state index in [0.29, 0.717) is 0 Å². The minimum Gasteiger partial charge on any atom is -0.432 e. The number of rotatable bonds is 3. The molecule has 50 valence electrons. The molecule has 4 heteroatoms. The Hall–Kier alpha value is 0.354. The van der Waals surface area contributed by atoms with Crippen LogP contribution in [-0.4, -0.2) is 30.2 Å². The fraction of sp³-hybridized carbons (Fsp3) is 1.00. The average Bonchev–Trinajstić information content (AvgIpc) is 1.59. The summed E-state index contributed by atoms with van der Waals surface area (Å²) in [7, 11) is -0.987. The summed E-state index contributed by atoms with van der Waals surface area (Å²) in [4.78, 5) is 9.22. The Morgan fingerprint density at radius 2 is 2.12 bits per heavy atom. The summed E-state index contributed by atoms with van der Waals surface area (Å²) in [6, 6.07) is 0.872. The molecule has 0 rings (SSSR count). The monoisotopic (exact) mass is 150 g/mol. The summed E-state index contributed by atoms with van der Waals surface area (Å²) in [6.45, 7) is 4.60. The smallest absolute Gasteiger partial charge is 0.184 e. The second kappa shape index (κ2) is 3.39. The van der Waals surface area contributed by atoms with Crippen LogP contribution in [-0.2, 0) is 4.43 Å². The fourth-order valence-electron chi connectivity index (χ4n) is 0.352. The van der Waals surface area contributed by atoms with E-state index in [1.165, 1.54) is 0 Å². The SMILES string of the molecule is C[Si](C)(O)CCO[SiH3]. The van der Waals surface area contributed by atoms with Crippen molar-refractivity contribution in [2.75, 3.05) is 6.61 Å².